The molecule has 0 spiro atoms. The van der Waals surface area contributed by atoms with E-state index in [0.29, 0.717) is 17.6 Å². The summed E-state index contributed by atoms with van der Waals surface area (Å²) in [5.41, 5.74) is 3.92. The number of aromatic nitrogens is 3. The van der Waals surface area contributed by atoms with E-state index in [1.807, 2.05) is 17.0 Å². The van der Waals surface area contributed by atoms with Gasteiger partial charge >= 0.3 is 0 Å². The smallest absolute Gasteiger partial charge is 0.161 e. The van der Waals surface area contributed by atoms with Crippen molar-refractivity contribution in [2.24, 2.45) is 0 Å². The maximum atomic E-state index is 13.3. The maximum absolute atomic E-state index is 13.3. The van der Waals surface area contributed by atoms with Gasteiger partial charge in [-0.2, -0.15) is 0 Å². The summed E-state index contributed by atoms with van der Waals surface area (Å²) >= 11 is 1.60. The van der Waals surface area contributed by atoms with Gasteiger partial charge in [0.2, 0.25) is 0 Å². The number of aryl methyl sites for hydroxylation is 3. The average molecular weight is 279 g/mol. The molecule has 2 aromatic heterocycles. The zero-order valence-electron chi connectivity index (χ0n) is 10.2. The number of nitrogens with zero attached hydrogens (tertiary/aromatic N) is 3. The zero-order chi connectivity index (χ0) is 13.4. The van der Waals surface area contributed by atoms with Crippen LogP contribution < -0.4 is 0 Å². The number of halogens is 2. The van der Waals surface area contributed by atoms with Crippen molar-refractivity contribution in [2.45, 2.75) is 19.9 Å². The van der Waals surface area contributed by atoms with Crippen molar-refractivity contribution >= 4 is 22.4 Å². The van der Waals surface area contributed by atoms with Crippen LogP contribution in [0.4, 0.5) is 8.78 Å². The van der Waals surface area contributed by atoms with Crippen molar-refractivity contribution in [1.29, 1.82) is 0 Å². The lowest BCUT2D eigenvalue weighted by Crippen LogP contribution is -2.00. The number of benzene rings is 1. The van der Waals surface area contributed by atoms with E-state index in [1.54, 1.807) is 17.7 Å². The van der Waals surface area contributed by atoms with Gasteiger partial charge in [-0.15, -0.1) is 11.3 Å². The number of rotatable bonds is 3. The fraction of sp³-hybridized carbons (Fsp3) is 0.231. The number of imidazole rings is 1. The Morgan fingerprint density at radius 3 is 2.74 bits per heavy atom. The summed E-state index contributed by atoms with van der Waals surface area (Å²) in [7, 11) is 0. The van der Waals surface area contributed by atoms with E-state index in [9.17, 15) is 8.78 Å². The summed E-state index contributed by atoms with van der Waals surface area (Å²) in [6.07, 6.45) is 2.42. The van der Waals surface area contributed by atoms with Crippen LogP contribution in [0, 0.1) is 18.6 Å². The van der Waals surface area contributed by atoms with E-state index < -0.39 is 11.6 Å². The first-order valence-electron chi connectivity index (χ1n) is 5.84. The van der Waals surface area contributed by atoms with Crippen LogP contribution in [-0.4, -0.2) is 14.5 Å². The second-order valence-electron chi connectivity index (χ2n) is 4.30. The third kappa shape index (κ3) is 2.23. The number of thiazole rings is 1. The molecular weight excluding hydrogens is 268 g/mol. The fourth-order valence-electron chi connectivity index (χ4n) is 2.02. The lowest BCUT2D eigenvalue weighted by atomic mass is 10.2. The van der Waals surface area contributed by atoms with Gasteiger partial charge < -0.3 is 4.57 Å². The van der Waals surface area contributed by atoms with Crippen LogP contribution >= 0.6 is 11.3 Å². The first kappa shape index (κ1) is 12.2. The maximum Gasteiger partial charge on any atom is 0.161 e. The summed E-state index contributed by atoms with van der Waals surface area (Å²) < 4.78 is 28.2. The number of hydrogen-bond acceptors (Lipinski definition) is 3. The molecule has 0 saturated heterocycles. The molecule has 0 atom stereocenters. The predicted molar refractivity (Wildman–Crippen MR) is 70.2 cm³/mol. The standard InChI is InChI=1S/C13H11F2N3S/c1-8-13(19-7-17-8)2-3-18-6-16-11-4-9(14)10(15)5-12(11)18/h4-7H,2-3H2,1H3. The van der Waals surface area contributed by atoms with Crippen molar-refractivity contribution in [3.8, 4) is 0 Å². The summed E-state index contributed by atoms with van der Waals surface area (Å²) in [6.45, 7) is 2.64. The second-order valence-corrected chi connectivity index (χ2v) is 5.24. The van der Waals surface area contributed by atoms with E-state index in [1.165, 1.54) is 10.9 Å². The van der Waals surface area contributed by atoms with Crippen LogP contribution in [0.1, 0.15) is 10.6 Å². The van der Waals surface area contributed by atoms with E-state index >= 15 is 0 Å². The van der Waals surface area contributed by atoms with Gasteiger partial charge in [-0.25, -0.2) is 18.7 Å². The Balaban J connectivity index is 1.89. The molecule has 0 aliphatic carbocycles. The van der Waals surface area contributed by atoms with Gasteiger partial charge in [0, 0.05) is 30.0 Å². The third-order valence-electron chi connectivity index (χ3n) is 3.09. The van der Waals surface area contributed by atoms with Gasteiger partial charge in [0.1, 0.15) is 0 Å². The highest BCUT2D eigenvalue weighted by atomic mass is 32.1. The first-order chi connectivity index (χ1) is 9.15. The highest BCUT2D eigenvalue weighted by molar-refractivity contribution is 7.09. The van der Waals surface area contributed by atoms with E-state index in [4.69, 9.17) is 0 Å². The highest BCUT2D eigenvalue weighted by Gasteiger charge is 2.09. The Morgan fingerprint density at radius 1 is 1.21 bits per heavy atom. The Hall–Kier alpha value is -1.82. The van der Waals surface area contributed by atoms with E-state index in [2.05, 4.69) is 9.97 Å². The molecule has 19 heavy (non-hydrogen) atoms. The molecule has 0 aliphatic rings. The van der Waals surface area contributed by atoms with Gasteiger partial charge in [-0.1, -0.05) is 0 Å². The molecule has 3 aromatic rings. The SMILES string of the molecule is Cc1ncsc1CCn1cnc2cc(F)c(F)cc21. The van der Waals surface area contributed by atoms with Gasteiger partial charge in [-0.05, 0) is 6.92 Å². The van der Waals surface area contributed by atoms with Gasteiger partial charge in [0.15, 0.2) is 11.6 Å². The highest BCUT2D eigenvalue weighted by Crippen LogP contribution is 2.19. The minimum Gasteiger partial charge on any atom is -0.330 e. The van der Waals surface area contributed by atoms with Crippen molar-refractivity contribution in [2.75, 3.05) is 0 Å². The molecule has 0 radical (unpaired) electrons. The molecular formula is C13H11F2N3S. The minimum atomic E-state index is -0.865. The molecule has 0 saturated carbocycles. The fourth-order valence-corrected chi connectivity index (χ4v) is 2.79. The summed E-state index contributed by atoms with van der Waals surface area (Å²) in [4.78, 5) is 9.47. The predicted octanol–water partition coefficient (Wildman–Crippen LogP) is 3.32. The van der Waals surface area contributed by atoms with Crippen LogP contribution in [0.15, 0.2) is 24.0 Å². The molecule has 0 fully saturated rings. The molecule has 1 aromatic carbocycles. The van der Waals surface area contributed by atoms with Gasteiger partial charge in [-0.3, -0.25) is 0 Å². The molecule has 0 N–H and O–H groups in total. The number of hydrogen-bond donors (Lipinski definition) is 0. The summed E-state index contributed by atoms with van der Waals surface area (Å²) in [5.74, 6) is -1.71. The quantitative estimate of drug-likeness (QED) is 0.736. The average Bonchev–Trinajstić information content (AvgIpc) is 2.95. The molecule has 0 unspecified atom stereocenters. The zero-order valence-corrected chi connectivity index (χ0v) is 11.0. The molecule has 3 nitrogen and oxygen atoms in total. The third-order valence-corrected chi connectivity index (χ3v) is 4.08. The summed E-state index contributed by atoms with van der Waals surface area (Å²) in [5, 5.41) is 0. The summed E-state index contributed by atoms with van der Waals surface area (Å²) in [6, 6.07) is 2.32. The van der Waals surface area contributed by atoms with E-state index in [-0.39, 0.29) is 0 Å². The molecule has 0 bridgehead atoms. The monoisotopic (exact) mass is 279 g/mol. The van der Waals surface area contributed by atoms with Crippen LogP contribution in [0.3, 0.4) is 0 Å². The Labute approximate surface area is 112 Å². The molecule has 98 valence electrons. The van der Waals surface area contributed by atoms with Crippen LogP contribution in [0.5, 0.6) is 0 Å². The topological polar surface area (TPSA) is 30.7 Å². The van der Waals surface area contributed by atoms with Crippen molar-refractivity contribution in [3.63, 3.8) is 0 Å². The second kappa shape index (κ2) is 4.70. The van der Waals surface area contributed by atoms with Gasteiger partial charge in [0.05, 0.1) is 28.6 Å². The molecule has 0 aliphatic heterocycles. The van der Waals surface area contributed by atoms with Crippen LogP contribution in [-0.2, 0) is 13.0 Å². The Morgan fingerprint density at radius 2 is 2.00 bits per heavy atom. The van der Waals surface area contributed by atoms with Crippen LogP contribution in [0.2, 0.25) is 0 Å². The van der Waals surface area contributed by atoms with Crippen LogP contribution in [0.25, 0.3) is 11.0 Å². The van der Waals surface area contributed by atoms with Crippen molar-refractivity contribution in [1.82, 2.24) is 14.5 Å². The normalized spacial score (nSPS) is 11.3. The number of fused-ring (bicyclic) bond motifs is 1. The molecule has 0 amide bonds. The first-order valence-corrected chi connectivity index (χ1v) is 6.72. The lowest BCUT2D eigenvalue weighted by molar-refractivity contribution is 0.510. The van der Waals surface area contributed by atoms with Gasteiger partial charge in [0.25, 0.3) is 0 Å². The Kier molecular flexibility index (Phi) is 3.02. The molecule has 2 heterocycles. The van der Waals surface area contributed by atoms with Crippen molar-refractivity contribution < 1.29 is 8.78 Å². The molecule has 6 heteroatoms. The largest absolute Gasteiger partial charge is 0.330 e. The lowest BCUT2D eigenvalue weighted by Gasteiger charge is -2.03. The van der Waals surface area contributed by atoms with Crippen molar-refractivity contribution in [3.05, 3.63) is 46.2 Å². The minimum absolute atomic E-state index is 0.472. The Bertz CT molecular complexity index is 733. The molecule has 3 rings (SSSR count). The van der Waals surface area contributed by atoms with E-state index in [0.717, 1.165) is 18.2 Å².